The van der Waals surface area contributed by atoms with Gasteiger partial charge in [-0.1, -0.05) is 36.4 Å². The molecule has 0 aromatic heterocycles. The van der Waals surface area contributed by atoms with Crippen LogP contribution in [0.1, 0.15) is 11.6 Å². The van der Waals surface area contributed by atoms with Crippen LogP contribution in [-0.2, 0) is 0 Å². The molecule has 0 aliphatic carbocycles. The maximum absolute atomic E-state index is 12.2. The smallest absolute Gasteiger partial charge is 0.406 e. The van der Waals surface area contributed by atoms with Gasteiger partial charge in [-0.15, -0.1) is 13.2 Å². The van der Waals surface area contributed by atoms with E-state index in [-0.39, 0.29) is 12.3 Å². The van der Waals surface area contributed by atoms with Gasteiger partial charge in [0.15, 0.2) is 0 Å². The minimum atomic E-state index is -4.81. The number of ether oxygens (including phenoxy) is 1. The Bertz CT molecular complexity index is 678. The van der Waals surface area contributed by atoms with Crippen molar-refractivity contribution >= 4 is 11.7 Å². The Balaban J connectivity index is 2.00. The molecule has 0 aliphatic heterocycles. The van der Waals surface area contributed by atoms with Crippen molar-refractivity contribution in [2.75, 3.05) is 11.9 Å². The van der Waals surface area contributed by atoms with Gasteiger partial charge in [0.25, 0.3) is 0 Å². The molecular formula is C16H15F3N2O3. The van der Waals surface area contributed by atoms with Crippen molar-refractivity contribution in [3.8, 4) is 5.75 Å². The lowest BCUT2D eigenvalue weighted by Gasteiger charge is -2.17. The Morgan fingerprint density at radius 1 is 1.12 bits per heavy atom. The van der Waals surface area contributed by atoms with Gasteiger partial charge in [0.2, 0.25) is 0 Å². The number of amides is 2. The molecule has 128 valence electrons. The van der Waals surface area contributed by atoms with Gasteiger partial charge in [-0.2, -0.15) is 0 Å². The monoisotopic (exact) mass is 340 g/mol. The molecule has 2 amide bonds. The van der Waals surface area contributed by atoms with E-state index in [1.807, 2.05) is 0 Å². The fourth-order valence-electron chi connectivity index (χ4n) is 2.02. The SMILES string of the molecule is O=C(Nc1cccc(OC(F)(F)F)c1)NC(CO)c1ccccc1. The first-order valence-electron chi connectivity index (χ1n) is 6.96. The van der Waals surface area contributed by atoms with Crippen molar-refractivity contribution in [2.45, 2.75) is 12.4 Å². The van der Waals surface area contributed by atoms with Crippen molar-refractivity contribution in [1.82, 2.24) is 5.32 Å². The van der Waals surface area contributed by atoms with E-state index in [1.54, 1.807) is 30.3 Å². The van der Waals surface area contributed by atoms with Gasteiger partial charge in [-0.05, 0) is 17.7 Å². The number of aliphatic hydroxyl groups is 1. The van der Waals surface area contributed by atoms with E-state index in [0.29, 0.717) is 5.56 Å². The molecule has 3 N–H and O–H groups in total. The highest BCUT2D eigenvalue weighted by molar-refractivity contribution is 5.89. The number of carbonyl (C=O) groups excluding carboxylic acids is 1. The van der Waals surface area contributed by atoms with Gasteiger partial charge >= 0.3 is 12.4 Å². The summed E-state index contributed by atoms with van der Waals surface area (Å²) in [7, 11) is 0. The molecule has 0 aliphatic rings. The Labute approximate surface area is 136 Å². The molecule has 1 unspecified atom stereocenters. The summed E-state index contributed by atoms with van der Waals surface area (Å²) >= 11 is 0. The average molecular weight is 340 g/mol. The molecule has 2 aromatic carbocycles. The number of urea groups is 1. The van der Waals surface area contributed by atoms with Gasteiger partial charge < -0.3 is 20.5 Å². The number of rotatable bonds is 5. The highest BCUT2D eigenvalue weighted by Crippen LogP contribution is 2.25. The quantitative estimate of drug-likeness (QED) is 0.781. The van der Waals surface area contributed by atoms with E-state index in [0.717, 1.165) is 12.1 Å². The highest BCUT2D eigenvalue weighted by Gasteiger charge is 2.31. The second-order valence-electron chi connectivity index (χ2n) is 4.82. The molecule has 5 nitrogen and oxygen atoms in total. The van der Waals surface area contributed by atoms with Gasteiger partial charge in [-0.25, -0.2) is 4.79 Å². The molecule has 0 heterocycles. The molecule has 0 saturated carbocycles. The molecule has 0 fully saturated rings. The van der Waals surface area contributed by atoms with E-state index in [2.05, 4.69) is 15.4 Å². The van der Waals surface area contributed by atoms with Crippen molar-refractivity contribution in [2.24, 2.45) is 0 Å². The molecule has 0 spiro atoms. The number of alkyl halides is 3. The fourth-order valence-corrected chi connectivity index (χ4v) is 2.02. The topological polar surface area (TPSA) is 70.6 Å². The van der Waals surface area contributed by atoms with Crippen LogP contribution in [0.5, 0.6) is 5.75 Å². The van der Waals surface area contributed by atoms with E-state index >= 15 is 0 Å². The molecule has 0 radical (unpaired) electrons. The number of anilines is 1. The van der Waals surface area contributed by atoms with Crippen LogP contribution in [0.2, 0.25) is 0 Å². The van der Waals surface area contributed by atoms with Crippen LogP contribution < -0.4 is 15.4 Å². The van der Waals surface area contributed by atoms with Crippen LogP contribution in [0.15, 0.2) is 54.6 Å². The molecule has 0 saturated heterocycles. The molecular weight excluding hydrogens is 325 g/mol. The molecule has 2 rings (SSSR count). The van der Waals surface area contributed by atoms with E-state index in [9.17, 15) is 23.1 Å². The summed E-state index contributed by atoms with van der Waals surface area (Å²) in [6.07, 6.45) is -4.81. The van der Waals surface area contributed by atoms with Crippen LogP contribution in [-0.4, -0.2) is 24.1 Å². The summed E-state index contributed by atoms with van der Waals surface area (Å²) in [5.74, 6) is -0.443. The Morgan fingerprint density at radius 3 is 2.46 bits per heavy atom. The third-order valence-electron chi connectivity index (χ3n) is 3.02. The number of hydrogen-bond donors (Lipinski definition) is 3. The standard InChI is InChI=1S/C16H15F3N2O3/c17-16(18,19)24-13-8-4-7-12(9-13)20-15(23)21-14(10-22)11-5-2-1-3-6-11/h1-9,14,22H,10H2,(H2,20,21,23). The Morgan fingerprint density at radius 2 is 1.83 bits per heavy atom. The summed E-state index contributed by atoms with van der Waals surface area (Å²) in [4.78, 5) is 12.0. The van der Waals surface area contributed by atoms with Crippen molar-refractivity contribution in [3.63, 3.8) is 0 Å². The number of aliphatic hydroxyl groups excluding tert-OH is 1. The molecule has 8 heteroatoms. The van der Waals surface area contributed by atoms with Crippen molar-refractivity contribution in [1.29, 1.82) is 0 Å². The lowest BCUT2D eigenvalue weighted by Crippen LogP contribution is -2.34. The Kier molecular flexibility index (Phi) is 5.64. The Hall–Kier alpha value is -2.74. The van der Waals surface area contributed by atoms with Gasteiger partial charge in [0.05, 0.1) is 12.6 Å². The van der Waals surface area contributed by atoms with Crippen LogP contribution in [0.3, 0.4) is 0 Å². The summed E-state index contributed by atoms with van der Waals surface area (Å²) < 4.78 is 40.4. The molecule has 0 bridgehead atoms. The summed E-state index contributed by atoms with van der Waals surface area (Å²) in [5.41, 5.74) is 0.823. The highest BCUT2D eigenvalue weighted by atomic mass is 19.4. The zero-order valence-electron chi connectivity index (χ0n) is 12.4. The predicted molar refractivity (Wildman–Crippen MR) is 81.5 cm³/mol. The first-order chi connectivity index (χ1) is 11.4. The number of nitrogens with one attached hydrogen (secondary N) is 2. The lowest BCUT2D eigenvalue weighted by atomic mass is 10.1. The van der Waals surface area contributed by atoms with E-state index < -0.39 is 24.2 Å². The zero-order chi connectivity index (χ0) is 17.6. The van der Waals surface area contributed by atoms with Crippen molar-refractivity contribution < 1.29 is 27.8 Å². The first kappa shape index (κ1) is 17.6. The second-order valence-corrected chi connectivity index (χ2v) is 4.82. The van der Waals surface area contributed by atoms with Crippen molar-refractivity contribution in [3.05, 3.63) is 60.2 Å². The number of carbonyl (C=O) groups is 1. The largest absolute Gasteiger partial charge is 0.573 e. The van der Waals surface area contributed by atoms with Crippen LogP contribution in [0, 0.1) is 0 Å². The minimum Gasteiger partial charge on any atom is -0.406 e. The normalized spacial score (nSPS) is 12.3. The molecule has 2 aromatic rings. The summed E-state index contributed by atoms with van der Waals surface area (Å²) in [6, 6.07) is 12.4. The minimum absolute atomic E-state index is 0.124. The van der Waals surface area contributed by atoms with Crippen LogP contribution in [0.4, 0.5) is 23.7 Å². The van der Waals surface area contributed by atoms with Gasteiger partial charge in [0, 0.05) is 11.8 Å². The van der Waals surface area contributed by atoms with Gasteiger partial charge in [-0.3, -0.25) is 0 Å². The fraction of sp³-hybridized carbons (Fsp3) is 0.188. The maximum Gasteiger partial charge on any atom is 0.573 e. The third kappa shape index (κ3) is 5.47. The second kappa shape index (κ2) is 7.69. The summed E-state index contributed by atoms with van der Waals surface area (Å²) in [6.45, 7) is -0.325. The first-order valence-corrected chi connectivity index (χ1v) is 6.96. The van der Waals surface area contributed by atoms with E-state index in [1.165, 1.54) is 12.1 Å². The average Bonchev–Trinajstić information content (AvgIpc) is 2.52. The van der Waals surface area contributed by atoms with Gasteiger partial charge in [0.1, 0.15) is 5.75 Å². The zero-order valence-corrected chi connectivity index (χ0v) is 12.4. The van der Waals surface area contributed by atoms with E-state index in [4.69, 9.17) is 0 Å². The van der Waals surface area contributed by atoms with Crippen LogP contribution in [0.25, 0.3) is 0 Å². The molecule has 1 atom stereocenters. The maximum atomic E-state index is 12.2. The number of benzene rings is 2. The van der Waals surface area contributed by atoms with Crippen LogP contribution >= 0.6 is 0 Å². The third-order valence-corrected chi connectivity index (χ3v) is 3.02. The summed E-state index contributed by atoms with van der Waals surface area (Å²) in [5, 5.41) is 14.3. The number of hydrogen-bond acceptors (Lipinski definition) is 3. The number of halogens is 3. The predicted octanol–water partition coefficient (Wildman–Crippen LogP) is 3.44. The molecule has 24 heavy (non-hydrogen) atoms. The lowest BCUT2D eigenvalue weighted by molar-refractivity contribution is -0.274.